The van der Waals surface area contributed by atoms with Gasteiger partial charge in [0, 0.05) is 47.5 Å². The Hall–Kier alpha value is -3.83. The van der Waals surface area contributed by atoms with Crippen molar-refractivity contribution in [3.8, 4) is 0 Å². The molecular weight excluding hydrogens is 531 g/mol. The number of nitrogens with zero attached hydrogens (tertiary/aromatic N) is 2. The molecule has 2 aromatic heterocycles. The lowest BCUT2D eigenvalue weighted by molar-refractivity contribution is -0.118. The Kier molecular flexibility index (Phi) is 11.8. The van der Waals surface area contributed by atoms with Crippen molar-refractivity contribution in [2.45, 2.75) is 33.7 Å². The third-order valence-electron chi connectivity index (χ3n) is 5.16. The summed E-state index contributed by atoms with van der Waals surface area (Å²) < 4.78 is 13.0. The van der Waals surface area contributed by atoms with Gasteiger partial charge in [0.15, 0.2) is 11.0 Å². The molecule has 0 spiro atoms. The predicted octanol–water partition coefficient (Wildman–Crippen LogP) is 4.74. The molecule has 0 saturated heterocycles. The molecule has 1 aromatic carbocycles. The van der Waals surface area contributed by atoms with Gasteiger partial charge in [-0.1, -0.05) is 25.4 Å². The number of halogens is 2. The van der Waals surface area contributed by atoms with Crippen molar-refractivity contribution >= 4 is 58.9 Å². The highest BCUT2D eigenvalue weighted by molar-refractivity contribution is 7.14. The molecule has 3 aromatic rings. The summed E-state index contributed by atoms with van der Waals surface area (Å²) in [5.74, 6) is -0.916. The van der Waals surface area contributed by atoms with Gasteiger partial charge in [-0.25, -0.2) is 9.37 Å². The number of rotatable bonds is 6. The van der Waals surface area contributed by atoms with E-state index in [1.165, 1.54) is 17.4 Å². The average Bonchev–Trinajstić information content (AvgIpc) is 3.36. The van der Waals surface area contributed by atoms with E-state index < -0.39 is 5.82 Å². The summed E-state index contributed by atoms with van der Waals surface area (Å²) in [6, 6.07) is 9.15. The SMILES string of the molecule is CC.CCNC(=O)c1ccc(N)c(C=N)c1.O=CN1CCc2sc(C(=O)Nc3ccc(F)c(Cl)n3)cc2C1. The lowest BCUT2D eigenvalue weighted by Crippen LogP contribution is -2.27. The molecule has 38 heavy (non-hydrogen) atoms. The Morgan fingerprint density at radius 2 is 1.97 bits per heavy atom. The lowest BCUT2D eigenvalue weighted by Gasteiger charge is -2.22. The number of hydrogen-bond acceptors (Lipinski definition) is 7. The number of carbonyl (C=O) groups is 3. The molecule has 202 valence electrons. The van der Waals surface area contributed by atoms with Crippen LogP contribution in [0.5, 0.6) is 0 Å². The van der Waals surface area contributed by atoms with Crippen LogP contribution in [0.1, 0.15) is 56.8 Å². The fraction of sp³-hybridized carbons (Fsp3) is 0.269. The zero-order valence-corrected chi connectivity index (χ0v) is 22.9. The summed E-state index contributed by atoms with van der Waals surface area (Å²) in [6.45, 7) is 7.62. The summed E-state index contributed by atoms with van der Waals surface area (Å²) in [4.78, 5) is 41.5. The fourth-order valence-corrected chi connectivity index (χ4v) is 4.54. The van der Waals surface area contributed by atoms with E-state index in [0.29, 0.717) is 41.3 Å². The third kappa shape index (κ3) is 8.09. The number of nitrogen functional groups attached to an aromatic ring is 1. The summed E-state index contributed by atoms with van der Waals surface area (Å²) in [5, 5.41) is 12.1. The minimum Gasteiger partial charge on any atom is -0.398 e. The van der Waals surface area contributed by atoms with Crippen LogP contribution in [0.4, 0.5) is 15.9 Å². The molecule has 0 unspecified atom stereocenters. The van der Waals surface area contributed by atoms with Crippen LogP contribution in [0.2, 0.25) is 5.15 Å². The first kappa shape index (κ1) is 30.4. The number of pyridine rings is 1. The molecule has 0 fully saturated rings. The van der Waals surface area contributed by atoms with Gasteiger partial charge in [-0.05, 0) is 55.3 Å². The maximum atomic E-state index is 13.0. The molecular formula is C26H30ClFN6O3S. The molecule has 0 atom stereocenters. The van der Waals surface area contributed by atoms with E-state index in [4.69, 9.17) is 22.7 Å². The minimum absolute atomic E-state index is 0.143. The van der Waals surface area contributed by atoms with Crippen LogP contribution in [-0.2, 0) is 17.8 Å². The van der Waals surface area contributed by atoms with E-state index in [9.17, 15) is 18.8 Å². The fourth-order valence-electron chi connectivity index (χ4n) is 3.33. The normalized spacial score (nSPS) is 11.6. The quantitative estimate of drug-likeness (QED) is 0.149. The number of benzene rings is 1. The smallest absolute Gasteiger partial charge is 0.266 e. The standard InChI is InChI=1S/C14H11ClFN3O2S.C10H13N3O.C2H6/c15-13-9(16)1-2-12(17-13)18-14(21)11-5-8-6-19(7-20)4-3-10(8)22-11;1-2-13-10(14)7-3-4-9(12)8(5-7)6-11;1-2/h1-2,5,7H,3-4,6H2,(H,17,18,21);3-6,11H,2,12H2,1H3,(H,13,14);1-2H3. The number of amides is 3. The van der Waals surface area contributed by atoms with Gasteiger partial charge in [0.05, 0.1) is 4.88 Å². The van der Waals surface area contributed by atoms with E-state index in [-0.39, 0.29) is 22.8 Å². The van der Waals surface area contributed by atoms with Crippen LogP contribution in [0.25, 0.3) is 0 Å². The highest BCUT2D eigenvalue weighted by atomic mass is 35.5. The molecule has 1 aliphatic rings. The summed E-state index contributed by atoms with van der Waals surface area (Å²) in [5.41, 5.74) is 8.17. The van der Waals surface area contributed by atoms with Crippen LogP contribution in [0.15, 0.2) is 36.4 Å². The van der Waals surface area contributed by atoms with Crippen molar-refractivity contribution in [3.05, 3.63) is 73.8 Å². The molecule has 0 saturated carbocycles. The second-order valence-electron chi connectivity index (χ2n) is 7.66. The predicted molar refractivity (Wildman–Crippen MR) is 150 cm³/mol. The van der Waals surface area contributed by atoms with E-state index in [0.717, 1.165) is 35.6 Å². The maximum Gasteiger partial charge on any atom is 0.266 e. The number of anilines is 2. The first-order chi connectivity index (χ1) is 18.2. The summed E-state index contributed by atoms with van der Waals surface area (Å²) in [7, 11) is 0. The zero-order chi connectivity index (χ0) is 28.2. The molecule has 5 N–H and O–H groups in total. The number of aromatic nitrogens is 1. The van der Waals surface area contributed by atoms with Crippen LogP contribution in [0, 0.1) is 11.2 Å². The van der Waals surface area contributed by atoms with Crippen molar-refractivity contribution < 1.29 is 18.8 Å². The van der Waals surface area contributed by atoms with Gasteiger partial charge in [0.25, 0.3) is 11.8 Å². The number of fused-ring (bicyclic) bond motifs is 1. The average molecular weight is 561 g/mol. The molecule has 4 rings (SSSR count). The van der Waals surface area contributed by atoms with Gasteiger partial charge in [0.1, 0.15) is 5.82 Å². The van der Waals surface area contributed by atoms with Gasteiger partial charge in [-0.15, -0.1) is 11.3 Å². The molecule has 12 heteroatoms. The third-order valence-corrected chi connectivity index (χ3v) is 6.66. The second kappa shape index (κ2) is 14.8. The molecule has 3 amide bonds. The first-order valence-corrected chi connectivity index (χ1v) is 13.1. The lowest BCUT2D eigenvalue weighted by atomic mass is 10.1. The van der Waals surface area contributed by atoms with Crippen molar-refractivity contribution in [1.82, 2.24) is 15.2 Å². The van der Waals surface area contributed by atoms with Crippen molar-refractivity contribution in [2.75, 3.05) is 24.1 Å². The van der Waals surface area contributed by atoms with Gasteiger partial charge in [-0.2, -0.15) is 0 Å². The van der Waals surface area contributed by atoms with E-state index in [1.807, 2.05) is 20.8 Å². The molecule has 3 heterocycles. The van der Waals surface area contributed by atoms with Gasteiger partial charge in [0.2, 0.25) is 6.41 Å². The molecule has 9 nitrogen and oxygen atoms in total. The number of nitrogens with one attached hydrogen (secondary N) is 3. The summed E-state index contributed by atoms with van der Waals surface area (Å²) >= 11 is 6.98. The zero-order valence-electron chi connectivity index (χ0n) is 21.3. The van der Waals surface area contributed by atoms with Crippen LogP contribution < -0.4 is 16.4 Å². The van der Waals surface area contributed by atoms with Gasteiger partial charge < -0.3 is 26.7 Å². The van der Waals surface area contributed by atoms with Gasteiger partial charge >= 0.3 is 0 Å². The van der Waals surface area contributed by atoms with E-state index >= 15 is 0 Å². The number of thiophene rings is 1. The Morgan fingerprint density at radius 3 is 2.61 bits per heavy atom. The topological polar surface area (TPSA) is 141 Å². The van der Waals surface area contributed by atoms with Crippen molar-refractivity contribution in [2.24, 2.45) is 0 Å². The largest absolute Gasteiger partial charge is 0.398 e. The summed E-state index contributed by atoms with van der Waals surface area (Å²) in [6.07, 6.45) is 2.69. The Balaban J connectivity index is 0.000000274. The van der Waals surface area contributed by atoms with E-state index in [1.54, 1.807) is 29.2 Å². The number of nitrogens with two attached hydrogens (primary N) is 1. The van der Waals surface area contributed by atoms with Crippen LogP contribution >= 0.6 is 22.9 Å². The maximum absolute atomic E-state index is 13.0. The molecule has 1 aliphatic heterocycles. The molecule has 0 radical (unpaired) electrons. The van der Waals surface area contributed by atoms with Crippen LogP contribution in [0.3, 0.4) is 0 Å². The molecule has 0 aliphatic carbocycles. The highest BCUT2D eigenvalue weighted by Crippen LogP contribution is 2.28. The minimum atomic E-state index is -0.639. The number of carbonyl (C=O) groups excluding carboxylic acids is 3. The second-order valence-corrected chi connectivity index (χ2v) is 9.15. The number of hydrogen-bond donors (Lipinski definition) is 4. The van der Waals surface area contributed by atoms with Crippen LogP contribution in [-0.4, -0.2) is 47.4 Å². The highest BCUT2D eigenvalue weighted by Gasteiger charge is 2.21. The van der Waals surface area contributed by atoms with Crippen molar-refractivity contribution in [1.29, 1.82) is 5.41 Å². The Labute approximate surface area is 229 Å². The van der Waals surface area contributed by atoms with E-state index in [2.05, 4.69) is 15.6 Å². The monoisotopic (exact) mass is 560 g/mol. The van der Waals surface area contributed by atoms with Gasteiger partial charge in [-0.3, -0.25) is 14.4 Å². The Morgan fingerprint density at radius 1 is 1.24 bits per heavy atom. The molecule has 0 bridgehead atoms. The first-order valence-electron chi connectivity index (χ1n) is 11.9. The Bertz CT molecular complexity index is 1300. The van der Waals surface area contributed by atoms with Crippen molar-refractivity contribution in [3.63, 3.8) is 0 Å².